The molecular formula is C26H36O5. The van der Waals surface area contributed by atoms with Crippen LogP contribution in [-0.4, -0.2) is 36.1 Å². The van der Waals surface area contributed by atoms with Crippen LogP contribution in [0.15, 0.2) is 27.6 Å². The molecule has 0 unspecified atom stereocenters. The van der Waals surface area contributed by atoms with E-state index in [-0.39, 0.29) is 22.7 Å². The number of hydrogen-bond acceptors (Lipinski definition) is 5. The summed E-state index contributed by atoms with van der Waals surface area (Å²) in [5.41, 5.74) is 1.44. The first kappa shape index (κ1) is 20.4. The Morgan fingerprint density at radius 3 is 2.52 bits per heavy atom. The van der Waals surface area contributed by atoms with Gasteiger partial charge < -0.3 is 19.0 Å². The standard InChI is InChI=1S/C24H32O4.C2H4O/c1-22-9-7-16(25)11-15(22)4-5-18-17(22)8-10-23(2)19(12-20-24(18,23)28-20)14-3-6-21(26)27-13-14;1-2-3-1/h3,6,13,15-20,25H,4-5,7-12H2,1-2H3;1-2H2/t15-,16+,17+,18-,19-,20-,22+,23-,24-;/m1./s1. The van der Waals surface area contributed by atoms with Crippen molar-refractivity contribution in [3.05, 3.63) is 34.4 Å². The van der Waals surface area contributed by atoms with Crippen LogP contribution in [0.4, 0.5) is 0 Å². The van der Waals surface area contributed by atoms with Crippen molar-refractivity contribution in [1.29, 1.82) is 0 Å². The topological polar surface area (TPSA) is 75.5 Å². The molecule has 7 rings (SSSR count). The molecule has 9 atom stereocenters. The maximum atomic E-state index is 11.4. The third-order valence-corrected chi connectivity index (χ3v) is 10.4. The lowest BCUT2D eigenvalue weighted by Gasteiger charge is -2.61. The zero-order valence-electron chi connectivity index (χ0n) is 18.8. The van der Waals surface area contributed by atoms with E-state index in [0.717, 1.165) is 38.4 Å². The average molecular weight is 429 g/mol. The quantitative estimate of drug-likeness (QED) is 0.676. The summed E-state index contributed by atoms with van der Waals surface area (Å²) in [5, 5.41) is 10.2. The predicted molar refractivity (Wildman–Crippen MR) is 116 cm³/mol. The van der Waals surface area contributed by atoms with E-state index in [0.29, 0.717) is 29.3 Å². The van der Waals surface area contributed by atoms with Crippen molar-refractivity contribution >= 4 is 0 Å². The van der Waals surface area contributed by atoms with Crippen LogP contribution in [0.2, 0.25) is 0 Å². The maximum absolute atomic E-state index is 11.4. The fraction of sp³-hybridized carbons (Fsp3) is 0.808. The smallest absolute Gasteiger partial charge is 0.335 e. The molecule has 1 N–H and O–H groups in total. The van der Waals surface area contributed by atoms with Crippen molar-refractivity contribution in [2.45, 2.75) is 88.9 Å². The molecule has 1 spiro atoms. The molecule has 0 radical (unpaired) electrons. The highest BCUT2D eigenvalue weighted by Gasteiger charge is 2.80. The summed E-state index contributed by atoms with van der Waals surface area (Å²) in [6.07, 6.45) is 11.1. The van der Waals surface area contributed by atoms with Gasteiger partial charge in [0.05, 0.1) is 31.7 Å². The van der Waals surface area contributed by atoms with Crippen LogP contribution in [-0.2, 0) is 9.47 Å². The van der Waals surface area contributed by atoms with Crippen LogP contribution >= 0.6 is 0 Å². The highest BCUT2D eigenvalue weighted by Crippen LogP contribution is 2.77. The molecule has 31 heavy (non-hydrogen) atoms. The molecule has 4 aliphatic carbocycles. The van der Waals surface area contributed by atoms with Gasteiger partial charge in [0, 0.05) is 11.5 Å². The van der Waals surface area contributed by atoms with E-state index in [1.54, 1.807) is 12.3 Å². The first-order chi connectivity index (χ1) is 14.9. The Bertz CT molecular complexity index is 886. The zero-order valence-corrected chi connectivity index (χ0v) is 18.8. The largest absolute Gasteiger partial charge is 0.431 e. The first-order valence-corrected chi connectivity index (χ1v) is 12.4. The second-order valence-electron chi connectivity index (χ2n) is 11.6. The summed E-state index contributed by atoms with van der Waals surface area (Å²) in [6, 6.07) is 3.55. The highest BCUT2D eigenvalue weighted by atomic mass is 16.6. The summed E-state index contributed by atoms with van der Waals surface area (Å²) in [5.74, 6) is 2.48. The third kappa shape index (κ3) is 2.88. The molecule has 0 bridgehead atoms. The lowest BCUT2D eigenvalue weighted by molar-refractivity contribution is -0.139. The van der Waals surface area contributed by atoms with Gasteiger partial charge in [-0.05, 0) is 92.1 Å². The highest BCUT2D eigenvalue weighted by molar-refractivity contribution is 5.35. The van der Waals surface area contributed by atoms with Crippen molar-refractivity contribution in [1.82, 2.24) is 0 Å². The fourth-order valence-corrected chi connectivity index (χ4v) is 8.74. The molecule has 2 aliphatic heterocycles. The molecule has 0 aromatic carbocycles. The SMILES string of the molecule is C1CO1.C[C@]12CC[C@H](O)C[C@H]1CC[C@@H]1[C@@H]2CC[C@]2(C)[C@@H](c3ccc(=O)oc3)C[C@H]3O[C@]132. The molecule has 2 saturated heterocycles. The lowest BCUT2D eigenvalue weighted by atomic mass is 9.44. The van der Waals surface area contributed by atoms with Gasteiger partial charge in [-0.3, -0.25) is 0 Å². The molecule has 3 heterocycles. The maximum Gasteiger partial charge on any atom is 0.335 e. The van der Waals surface area contributed by atoms with Crippen molar-refractivity contribution in [2.75, 3.05) is 13.2 Å². The van der Waals surface area contributed by atoms with Gasteiger partial charge in [0.1, 0.15) is 5.60 Å². The number of aliphatic hydroxyl groups is 1. The molecule has 170 valence electrons. The van der Waals surface area contributed by atoms with Crippen LogP contribution in [0.1, 0.15) is 76.7 Å². The number of hydrogen-bond donors (Lipinski definition) is 1. The Hall–Kier alpha value is -1.17. The van der Waals surface area contributed by atoms with Crippen LogP contribution < -0.4 is 5.63 Å². The molecule has 5 nitrogen and oxygen atoms in total. The number of rotatable bonds is 1. The molecule has 4 saturated carbocycles. The van der Waals surface area contributed by atoms with Crippen molar-refractivity contribution < 1.29 is 19.0 Å². The van der Waals surface area contributed by atoms with Gasteiger partial charge in [-0.2, -0.15) is 0 Å². The van der Waals surface area contributed by atoms with Gasteiger partial charge in [0.15, 0.2) is 0 Å². The van der Waals surface area contributed by atoms with Gasteiger partial charge in [-0.25, -0.2) is 4.79 Å². The first-order valence-electron chi connectivity index (χ1n) is 12.4. The Labute approximate surface area is 184 Å². The zero-order chi connectivity index (χ0) is 21.4. The van der Waals surface area contributed by atoms with Crippen LogP contribution in [0.5, 0.6) is 0 Å². The average Bonchev–Trinajstić information content (AvgIpc) is 3.67. The van der Waals surface area contributed by atoms with Gasteiger partial charge in [-0.1, -0.05) is 13.8 Å². The normalized spacial score (nSPS) is 51.3. The van der Waals surface area contributed by atoms with Gasteiger partial charge in [0.2, 0.25) is 0 Å². The second-order valence-corrected chi connectivity index (χ2v) is 11.6. The van der Waals surface area contributed by atoms with Gasteiger partial charge >= 0.3 is 5.63 Å². The molecule has 6 aliphatic rings. The van der Waals surface area contributed by atoms with Gasteiger partial charge in [-0.15, -0.1) is 0 Å². The Balaban J connectivity index is 0.000000571. The van der Waals surface area contributed by atoms with Crippen molar-refractivity contribution in [3.8, 4) is 0 Å². The Morgan fingerprint density at radius 2 is 1.81 bits per heavy atom. The number of fused-ring (bicyclic) bond motifs is 3. The van der Waals surface area contributed by atoms with Crippen LogP contribution in [0.3, 0.4) is 0 Å². The molecule has 6 fully saturated rings. The summed E-state index contributed by atoms with van der Waals surface area (Å²) in [7, 11) is 0. The lowest BCUT2D eigenvalue weighted by Crippen LogP contribution is -2.58. The summed E-state index contributed by atoms with van der Waals surface area (Å²) < 4.78 is 16.3. The Kier molecular flexibility index (Phi) is 4.56. The van der Waals surface area contributed by atoms with E-state index >= 15 is 0 Å². The summed E-state index contributed by atoms with van der Waals surface area (Å²) in [6.45, 7) is 6.97. The van der Waals surface area contributed by atoms with Crippen LogP contribution in [0.25, 0.3) is 0 Å². The van der Waals surface area contributed by atoms with Gasteiger partial charge in [0.25, 0.3) is 0 Å². The Morgan fingerprint density at radius 1 is 1.00 bits per heavy atom. The number of epoxide rings is 2. The van der Waals surface area contributed by atoms with E-state index in [9.17, 15) is 9.90 Å². The summed E-state index contributed by atoms with van der Waals surface area (Å²) >= 11 is 0. The van der Waals surface area contributed by atoms with E-state index < -0.39 is 0 Å². The second kappa shape index (κ2) is 6.91. The molecule has 5 heteroatoms. The van der Waals surface area contributed by atoms with Crippen molar-refractivity contribution in [2.24, 2.45) is 28.6 Å². The third-order valence-electron chi connectivity index (χ3n) is 10.4. The number of aliphatic hydroxyl groups excluding tert-OH is 1. The molecule has 1 aromatic rings. The minimum absolute atomic E-state index is 0.0285. The fourth-order valence-electron chi connectivity index (χ4n) is 8.74. The van der Waals surface area contributed by atoms with Crippen molar-refractivity contribution in [3.63, 3.8) is 0 Å². The van der Waals surface area contributed by atoms with E-state index in [1.165, 1.54) is 37.7 Å². The minimum Gasteiger partial charge on any atom is -0.431 e. The molecule has 0 amide bonds. The van der Waals surface area contributed by atoms with Crippen LogP contribution in [0, 0.1) is 28.6 Å². The van der Waals surface area contributed by atoms with E-state index in [2.05, 4.69) is 18.6 Å². The predicted octanol–water partition coefficient (Wildman–Crippen LogP) is 4.27. The van der Waals surface area contributed by atoms with E-state index in [4.69, 9.17) is 9.15 Å². The monoisotopic (exact) mass is 428 g/mol. The minimum atomic E-state index is -0.266. The molecular weight excluding hydrogens is 392 g/mol. The molecule has 1 aromatic heterocycles. The number of ether oxygens (including phenoxy) is 2. The summed E-state index contributed by atoms with van der Waals surface area (Å²) in [4.78, 5) is 11.4. The van der Waals surface area contributed by atoms with E-state index in [1.807, 2.05) is 6.07 Å².